The molecule has 0 aromatic rings. The molecule has 0 bridgehead atoms. The van der Waals surface area contributed by atoms with Crippen molar-refractivity contribution in [3.8, 4) is 0 Å². The maximum Gasteiger partial charge on any atom is 0.326 e. The van der Waals surface area contributed by atoms with Crippen LogP contribution >= 0.6 is 12.6 Å². The number of carbonyl (C=O) groups excluding carboxylic acids is 12. The van der Waals surface area contributed by atoms with E-state index < -0.39 is 229 Å². The Labute approximate surface area is 602 Å². The fourth-order valence-corrected chi connectivity index (χ4v) is 10.7. The minimum Gasteiger partial charge on any atom is -0.481 e. The molecule has 582 valence electrons. The summed E-state index contributed by atoms with van der Waals surface area (Å²) >= 11 is 4.09. The topological polar surface area (TPSA) is 648 Å². The van der Waals surface area contributed by atoms with Crippen LogP contribution in [0.25, 0.3) is 0 Å². The SMILES string of the molecule is CC[C@H](C)[C@H](NC(=O)[C@H](CCC(=O)O)NC(=O)[C@H](CCCNC(=N)N)NC(=O)[C@H](CC(C)C)NC(=O)[C@H](CC(C)C)NC(=O)[C@H](CCC(=O)O)NC(=O)[C@@H]1CCCN1)C(=O)N[C@H](C(=O)N[C@@H](CC(N)=O)C(=O)N[C@@H](CCC(=O)O)C(=O)N[C@@H](CS)C(=O)N[C@@H](CCCNC(=N)N)C(=O)O)[C@@H](C)CC. The van der Waals surface area contributed by atoms with Crippen molar-refractivity contribution in [2.24, 2.45) is 40.9 Å². The first-order valence-electron chi connectivity index (χ1n) is 34.3. The van der Waals surface area contributed by atoms with Crippen LogP contribution in [0.1, 0.15) is 165 Å². The van der Waals surface area contributed by atoms with Crippen molar-refractivity contribution in [2.45, 2.75) is 237 Å². The molecular weight excluding hydrogens is 1370 g/mol. The Bertz CT molecular complexity index is 2960. The van der Waals surface area contributed by atoms with E-state index in [1.807, 2.05) is 0 Å². The van der Waals surface area contributed by atoms with Crippen molar-refractivity contribution in [1.29, 1.82) is 10.8 Å². The number of nitrogens with one attached hydrogen (secondary N) is 16. The summed E-state index contributed by atoms with van der Waals surface area (Å²) in [5.41, 5.74) is 16.2. The predicted molar refractivity (Wildman–Crippen MR) is 374 cm³/mol. The normalized spacial score (nSPS) is 16.3. The molecule has 0 spiro atoms. The maximum absolute atomic E-state index is 14.6. The summed E-state index contributed by atoms with van der Waals surface area (Å²) in [6.07, 6.45) is -3.36. The second-order valence-electron chi connectivity index (χ2n) is 26.2. The van der Waals surface area contributed by atoms with Crippen LogP contribution < -0.4 is 91.6 Å². The second-order valence-corrected chi connectivity index (χ2v) is 26.5. The van der Waals surface area contributed by atoms with Gasteiger partial charge >= 0.3 is 23.9 Å². The molecule has 12 amide bonds. The van der Waals surface area contributed by atoms with Crippen LogP contribution in [0.4, 0.5) is 0 Å². The van der Waals surface area contributed by atoms with Gasteiger partial charge < -0.3 is 112 Å². The highest BCUT2D eigenvalue weighted by atomic mass is 32.1. The lowest BCUT2D eigenvalue weighted by atomic mass is 9.94. The number of rotatable bonds is 51. The molecule has 0 aromatic heterocycles. The quantitative estimate of drug-likeness (QED) is 0.0118. The Kier molecular flexibility index (Phi) is 42.2. The number of thiol groups is 1. The Hall–Kier alpha value is -9.63. The van der Waals surface area contributed by atoms with E-state index in [9.17, 15) is 97.1 Å². The number of hydrogen-bond donors (Lipinski definition) is 24. The van der Waals surface area contributed by atoms with Gasteiger partial charge in [0.05, 0.1) is 12.5 Å². The van der Waals surface area contributed by atoms with Gasteiger partial charge in [0.2, 0.25) is 70.9 Å². The van der Waals surface area contributed by atoms with Gasteiger partial charge in [-0.15, -0.1) is 0 Å². The molecule has 1 fully saturated rings. The fraction of sp³-hybridized carbons (Fsp3) is 0.714. The van der Waals surface area contributed by atoms with E-state index in [1.165, 1.54) is 13.8 Å². The van der Waals surface area contributed by atoms with Crippen LogP contribution in [0.2, 0.25) is 0 Å². The van der Waals surface area contributed by atoms with Gasteiger partial charge in [-0.25, -0.2) is 4.79 Å². The van der Waals surface area contributed by atoms with Crippen molar-refractivity contribution < 1.29 is 97.1 Å². The molecule has 0 aliphatic carbocycles. The van der Waals surface area contributed by atoms with E-state index in [0.717, 1.165) is 0 Å². The molecule has 0 saturated carbocycles. The molecule has 1 heterocycles. The third-order valence-corrected chi connectivity index (χ3v) is 16.9. The highest BCUT2D eigenvalue weighted by molar-refractivity contribution is 7.80. The Morgan fingerprint density at radius 3 is 1.12 bits per heavy atom. The molecule has 103 heavy (non-hydrogen) atoms. The number of aliphatic carboxylic acids is 4. The molecule has 1 saturated heterocycles. The molecule has 14 atom stereocenters. The van der Waals surface area contributed by atoms with Gasteiger partial charge in [0.1, 0.15) is 66.5 Å². The van der Waals surface area contributed by atoms with Gasteiger partial charge in [0, 0.05) is 38.1 Å². The number of hydrogen-bond acceptors (Lipinski definition) is 20. The van der Waals surface area contributed by atoms with Crippen LogP contribution in [-0.2, 0) is 76.7 Å². The maximum atomic E-state index is 14.6. The molecule has 1 rings (SSSR count). The van der Waals surface area contributed by atoms with Gasteiger partial charge in [0.25, 0.3) is 0 Å². The summed E-state index contributed by atoms with van der Waals surface area (Å²) in [6, 6.07) is -18.1. The fourth-order valence-electron chi connectivity index (χ4n) is 10.5. The largest absolute Gasteiger partial charge is 0.481 e. The zero-order chi connectivity index (χ0) is 78.4. The number of guanidine groups is 2. The van der Waals surface area contributed by atoms with E-state index >= 15 is 0 Å². The number of nitrogens with two attached hydrogens (primary N) is 3. The molecule has 40 heteroatoms. The van der Waals surface area contributed by atoms with Crippen molar-refractivity contribution >= 4 is 119 Å². The Morgan fingerprint density at radius 2 is 0.757 bits per heavy atom. The number of carboxylic acid groups (broad SMARTS) is 4. The third-order valence-electron chi connectivity index (χ3n) is 16.6. The van der Waals surface area contributed by atoms with Gasteiger partial charge in [-0.3, -0.25) is 82.7 Å². The van der Waals surface area contributed by atoms with Crippen molar-refractivity contribution in [1.82, 2.24) is 74.4 Å². The van der Waals surface area contributed by atoms with Crippen LogP contribution in [0.15, 0.2) is 0 Å². The van der Waals surface area contributed by atoms with Crippen LogP contribution in [-0.4, -0.2) is 225 Å². The summed E-state index contributed by atoms with van der Waals surface area (Å²) in [7, 11) is 0. The molecule has 0 radical (unpaired) electrons. The van der Waals surface area contributed by atoms with Gasteiger partial charge in [-0.1, -0.05) is 68.2 Å². The van der Waals surface area contributed by atoms with Gasteiger partial charge in [0.15, 0.2) is 11.9 Å². The molecule has 1 aliphatic heterocycles. The number of carbonyl (C=O) groups is 16. The lowest BCUT2D eigenvalue weighted by molar-refractivity contribution is -0.142. The van der Waals surface area contributed by atoms with E-state index in [1.54, 1.807) is 41.5 Å². The van der Waals surface area contributed by atoms with Gasteiger partial charge in [-0.2, -0.15) is 12.6 Å². The lowest BCUT2D eigenvalue weighted by Crippen LogP contribution is -2.62. The van der Waals surface area contributed by atoms with Crippen molar-refractivity contribution in [2.75, 3.05) is 25.4 Å². The highest BCUT2D eigenvalue weighted by Gasteiger charge is 2.39. The van der Waals surface area contributed by atoms with Crippen LogP contribution in [0.3, 0.4) is 0 Å². The summed E-state index contributed by atoms with van der Waals surface area (Å²) in [5.74, 6) is -21.2. The Balaban J connectivity index is 3.69. The molecule has 0 aromatic carbocycles. The molecule has 39 nitrogen and oxygen atoms in total. The molecule has 26 N–H and O–H groups in total. The third kappa shape index (κ3) is 36.2. The summed E-state index contributed by atoms with van der Waals surface area (Å²) in [4.78, 5) is 215. The zero-order valence-corrected chi connectivity index (χ0v) is 60.5. The highest BCUT2D eigenvalue weighted by Crippen LogP contribution is 2.17. The van der Waals surface area contributed by atoms with E-state index in [0.29, 0.717) is 19.4 Å². The lowest BCUT2D eigenvalue weighted by Gasteiger charge is -2.31. The smallest absolute Gasteiger partial charge is 0.326 e. The minimum atomic E-state index is -1.94. The van der Waals surface area contributed by atoms with E-state index in [4.69, 9.17) is 28.0 Å². The Morgan fingerprint density at radius 1 is 0.437 bits per heavy atom. The first kappa shape index (κ1) is 91.4. The summed E-state index contributed by atoms with van der Waals surface area (Å²) < 4.78 is 0. The van der Waals surface area contributed by atoms with Crippen LogP contribution in [0, 0.1) is 34.5 Å². The van der Waals surface area contributed by atoms with Crippen molar-refractivity contribution in [3.05, 3.63) is 0 Å². The predicted octanol–water partition coefficient (Wildman–Crippen LogP) is -4.73. The standard InChI is InChI=1S/C63H109N19O20S/c1-9-32(7)48(59(99)79-42(28-44(64)83)57(97)75-37(18-21-46(86)87)53(93)80-43(29-103)58(98)76-39(61(101)102)16-13-25-71-63(67)68)82-60(100)49(33(8)10-2)81-54(94)38(19-22-47(88)89)74-51(91)35(15-12-24-70-62(65)66)72-55(95)40(26-30(3)4)78-56(96)41(27-31(5)6)77-52(92)36(17-20-45(84)85)73-50(90)34-14-11-23-69-34/h30-43,48-49,69,103H,9-29H2,1-8H3,(H2,64,83)(H,72,95)(H,73,90)(H,74,91)(H,75,97)(H,76,98)(H,77,92)(H,78,96)(H,79,99)(H,80,93)(H,81,94)(H,82,100)(H,84,85)(H,86,87)(H,88,89)(H,101,102)(H4,65,66,70)(H4,67,68,71)/t32-,33-,34-,35-,36-,37-,38-,39-,40-,41-,42-,43-,48-,49-/m0/s1. The van der Waals surface area contributed by atoms with E-state index in [-0.39, 0.29) is 88.7 Å². The molecule has 1 aliphatic rings. The van der Waals surface area contributed by atoms with Crippen LogP contribution in [0.5, 0.6) is 0 Å². The summed E-state index contributed by atoms with van der Waals surface area (Å²) in [6.45, 7) is 13.9. The number of carboxylic acids is 4. The summed E-state index contributed by atoms with van der Waals surface area (Å²) in [5, 5.41) is 88.7. The minimum absolute atomic E-state index is 0.00199. The number of amides is 12. The second kappa shape index (κ2) is 47.5. The average molecular weight is 1480 g/mol. The van der Waals surface area contributed by atoms with E-state index in [2.05, 4.69) is 87.1 Å². The first-order chi connectivity index (χ1) is 48.2. The average Bonchev–Trinajstić information content (AvgIpc) is 1.43. The molecule has 0 unspecified atom stereocenters. The van der Waals surface area contributed by atoms with Gasteiger partial charge in [-0.05, 0) is 101 Å². The zero-order valence-electron chi connectivity index (χ0n) is 59.6. The first-order valence-corrected chi connectivity index (χ1v) is 34.9. The number of primary amides is 1. The monoisotopic (exact) mass is 1480 g/mol. The molecular formula is C63H109N19O20S. The van der Waals surface area contributed by atoms with Crippen molar-refractivity contribution in [3.63, 3.8) is 0 Å².